The Balaban J connectivity index is 2.74. The van der Waals surface area contributed by atoms with Crippen LogP contribution >= 0.6 is 0 Å². The third kappa shape index (κ3) is 4.94. The highest BCUT2D eigenvalue weighted by molar-refractivity contribution is 5.94. The molecule has 0 aliphatic heterocycles. The van der Waals surface area contributed by atoms with E-state index < -0.39 is 0 Å². The first-order valence-electron chi connectivity index (χ1n) is 7.28. The van der Waals surface area contributed by atoms with Crippen LogP contribution in [0.25, 0.3) is 0 Å². The lowest BCUT2D eigenvalue weighted by Crippen LogP contribution is -2.36. The lowest BCUT2D eigenvalue weighted by molar-refractivity contribution is 0.110. The summed E-state index contributed by atoms with van der Waals surface area (Å²) in [4.78, 5) is 2.46. The Hall–Kier alpha value is -1.39. The zero-order valence-corrected chi connectivity index (χ0v) is 12.9. The van der Waals surface area contributed by atoms with Crippen LogP contribution in [0.4, 0.5) is 0 Å². The van der Waals surface area contributed by atoms with Crippen LogP contribution in [0.2, 0.25) is 0 Å². The predicted molar refractivity (Wildman–Crippen MR) is 84.1 cm³/mol. The summed E-state index contributed by atoms with van der Waals surface area (Å²) in [6.45, 7) is 7.06. The summed E-state index contributed by atoms with van der Waals surface area (Å²) in [6, 6.07) is 8.52. The molecule has 1 aromatic carbocycles. The number of methoxy groups -OCH3 is 1. The fraction of sp³-hybridized carbons (Fsp3) is 0.562. The summed E-state index contributed by atoms with van der Waals surface area (Å²) in [7, 11) is 1.74. The van der Waals surface area contributed by atoms with Crippen molar-refractivity contribution in [1.82, 2.24) is 4.90 Å². The lowest BCUT2D eigenvalue weighted by atomic mass is 10.1. The first kappa shape index (κ1) is 16.7. The van der Waals surface area contributed by atoms with Gasteiger partial charge in [-0.15, -0.1) is 0 Å². The molecule has 20 heavy (non-hydrogen) atoms. The van der Waals surface area contributed by atoms with E-state index >= 15 is 0 Å². The van der Waals surface area contributed by atoms with Crippen LogP contribution in [-0.4, -0.2) is 37.0 Å². The van der Waals surface area contributed by atoms with Crippen molar-refractivity contribution in [2.75, 3.05) is 20.3 Å². The van der Waals surface area contributed by atoms with Gasteiger partial charge in [-0.25, -0.2) is 0 Å². The van der Waals surface area contributed by atoms with Gasteiger partial charge in [-0.05, 0) is 18.4 Å². The number of rotatable bonds is 9. The molecular weight excluding hydrogens is 250 g/mol. The third-order valence-corrected chi connectivity index (χ3v) is 3.69. The second kappa shape index (κ2) is 8.72. The minimum atomic E-state index is 0.118. The van der Waals surface area contributed by atoms with Crippen molar-refractivity contribution in [3.63, 3.8) is 0 Å². The molecule has 4 heteroatoms. The van der Waals surface area contributed by atoms with Gasteiger partial charge in [-0.1, -0.05) is 38.1 Å². The second-order valence-electron chi connectivity index (χ2n) is 5.04. The van der Waals surface area contributed by atoms with Gasteiger partial charge in [-0.3, -0.25) is 10.3 Å². The molecule has 3 N–H and O–H groups in total. The molecule has 0 fully saturated rings. The van der Waals surface area contributed by atoms with Crippen LogP contribution in [0.15, 0.2) is 24.3 Å². The highest BCUT2D eigenvalue weighted by Gasteiger charge is 2.15. The molecule has 0 aliphatic rings. The van der Waals surface area contributed by atoms with E-state index in [-0.39, 0.29) is 5.84 Å². The van der Waals surface area contributed by atoms with Gasteiger partial charge in [-0.2, -0.15) is 0 Å². The molecule has 0 heterocycles. The molecule has 0 saturated carbocycles. The van der Waals surface area contributed by atoms with Gasteiger partial charge in [0, 0.05) is 31.8 Å². The summed E-state index contributed by atoms with van der Waals surface area (Å²) in [6.07, 6.45) is 2.29. The summed E-state index contributed by atoms with van der Waals surface area (Å²) >= 11 is 0. The van der Waals surface area contributed by atoms with Crippen molar-refractivity contribution in [2.45, 2.75) is 39.3 Å². The minimum Gasteiger partial charge on any atom is -0.384 e. The molecule has 4 nitrogen and oxygen atoms in total. The van der Waals surface area contributed by atoms with Crippen LogP contribution in [0.5, 0.6) is 0 Å². The molecule has 112 valence electrons. The van der Waals surface area contributed by atoms with E-state index in [0.717, 1.165) is 38.1 Å². The molecule has 0 unspecified atom stereocenters. The van der Waals surface area contributed by atoms with E-state index in [0.29, 0.717) is 6.04 Å². The molecule has 0 amide bonds. The largest absolute Gasteiger partial charge is 0.384 e. The molecular formula is C16H27N3O. The van der Waals surface area contributed by atoms with Crippen molar-refractivity contribution in [3.05, 3.63) is 35.4 Å². The molecule has 0 bridgehead atoms. The van der Waals surface area contributed by atoms with E-state index in [4.69, 9.17) is 15.9 Å². The number of amidine groups is 1. The third-order valence-electron chi connectivity index (χ3n) is 3.69. The zero-order valence-electron chi connectivity index (χ0n) is 12.9. The zero-order chi connectivity index (χ0) is 15.0. The number of nitrogen functional groups attached to an aromatic ring is 1. The Labute approximate surface area is 122 Å². The smallest absolute Gasteiger partial charge is 0.122 e. The number of benzene rings is 1. The predicted octanol–water partition coefficient (Wildman–Crippen LogP) is 2.61. The van der Waals surface area contributed by atoms with Gasteiger partial charge in [0.2, 0.25) is 0 Å². The fourth-order valence-electron chi connectivity index (χ4n) is 2.43. The number of hydrogen-bond donors (Lipinski definition) is 2. The number of nitrogens with two attached hydrogens (primary N) is 1. The summed E-state index contributed by atoms with van der Waals surface area (Å²) in [5, 5.41) is 7.42. The molecule has 0 spiro atoms. The van der Waals surface area contributed by atoms with Gasteiger partial charge < -0.3 is 10.5 Å². The van der Waals surface area contributed by atoms with Gasteiger partial charge in [0.05, 0.1) is 6.61 Å². The van der Waals surface area contributed by atoms with Crippen molar-refractivity contribution < 1.29 is 4.74 Å². The maximum absolute atomic E-state index is 7.42. The minimum absolute atomic E-state index is 0.118. The van der Waals surface area contributed by atoms with E-state index in [9.17, 15) is 0 Å². The van der Waals surface area contributed by atoms with E-state index in [1.54, 1.807) is 7.11 Å². The molecule has 1 rings (SSSR count). The Morgan fingerprint density at radius 3 is 2.30 bits per heavy atom. The molecule has 0 atom stereocenters. The molecule has 0 radical (unpaired) electrons. The quantitative estimate of drug-likeness (QED) is 0.539. The van der Waals surface area contributed by atoms with Gasteiger partial charge in [0.15, 0.2) is 0 Å². The summed E-state index contributed by atoms with van der Waals surface area (Å²) < 4.78 is 5.21. The van der Waals surface area contributed by atoms with Crippen LogP contribution in [0.1, 0.15) is 37.8 Å². The SMILES string of the molecule is CCC(CC)N(CCOC)Cc1ccc(C(=N)N)cc1. The highest BCUT2D eigenvalue weighted by Crippen LogP contribution is 2.14. The number of nitrogens with zero attached hydrogens (tertiary/aromatic N) is 1. The van der Waals surface area contributed by atoms with Gasteiger partial charge >= 0.3 is 0 Å². The van der Waals surface area contributed by atoms with E-state index in [2.05, 4.69) is 30.9 Å². The van der Waals surface area contributed by atoms with Crippen molar-refractivity contribution in [1.29, 1.82) is 5.41 Å². The number of nitrogens with one attached hydrogen (secondary N) is 1. The molecule has 0 aromatic heterocycles. The second-order valence-corrected chi connectivity index (χ2v) is 5.04. The summed E-state index contributed by atoms with van der Waals surface area (Å²) in [5.41, 5.74) is 7.50. The van der Waals surface area contributed by atoms with Crippen LogP contribution in [0, 0.1) is 5.41 Å². The van der Waals surface area contributed by atoms with Crippen LogP contribution in [-0.2, 0) is 11.3 Å². The Bertz CT molecular complexity index is 399. The van der Waals surface area contributed by atoms with Crippen LogP contribution < -0.4 is 5.73 Å². The molecule has 0 aliphatic carbocycles. The van der Waals surface area contributed by atoms with Gasteiger partial charge in [0.25, 0.3) is 0 Å². The first-order chi connectivity index (χ1) is 9.62. The maximum atomic E-state index is 7.42. The van der Waals surface area contributed by atoms with Gasteiger partial charge in [0.1, 0.15) is 5.84 Å². The molecule has 1 aromatic rings. The van der Waals surface area contributed by atoms with Crippen molar-refractivity contribution >= 4 is 5.84 Å². The monoisotopic (exact) mass is 277 g/mol. The summed E-state index contributed by atoms with van der Waals surface area (Å²) in [5.74, 6) is 0.118. The standard InChI is InChI=1S/C16H27N3O/c1-4-15(5-2)19(10-11-20-3)12-13-6-8-14(9-7-13)16(17)18/h6-9,15H,4-5,10-12H2,1-3H3,(H3,17,18). The maximum Gasteiger partial charge on any atom is 0.122 e. The fourth-order valence-corrected chi connectivity index (χ4v) is 2.43. The topological polar surface area (TPSA) is 62.3 Å². The van der Waals surface area contributed by atoms with Crippen molar-refractivity contribution in [3.8, 4) is 0 Å². The van der Waals surface area contributed by atoms with E-state index in [1.807, 2.05) is 12.1 Å². The number of ether oxygens (including phenoxy) is 1. The highest BCUT2D eigenvalue weighted by atomic mass is 16.5. The molecule has 0 saturated heterocycles. The average molecular weight is 277 g/mol. The lowest BCUT2D eigenvalue weighted by Gasteiger charge is -2.30. The normalized spacial score (nSPS) is 11.2. The first-order valence-corrected chi connectivity index (χ1v) is 7.28. The Kier molecular flexibility index (Phi) is 7.26. The van der Waals surface area contributed by atoms with E-state index in [1.165, 1.54) is 5.56 Å². The van der Waals surface area contributed by atoms with Crippen LogP contribution in [0.3, 0.4) is 0 Å². The average Bonchev–Trinajstić information content (AvgIpc) is 2.46. The Morgan fingerprint density at radius 2 is 1.85 bits per heavy atom. The number of hydrogen-bond acceptors (Lipinski definition) is 3. The Morgan fingerprint density at radius 1 is 1.25 bits per heavy atom. The van der Waals surface area contributed by atoms with Crippen molar-refractivity contribution in [2.24, 2.45) is 5.73 Å².